The van der Waals surface area contributed by atoms with Gasteiger partial charge in [0.05, 0.1) is 22.7 Å². The fourth-order valence-electron chi connectivity index (χ4n) is 20.2. The standard InChI is InChI=1S/C65H66B2N2O/c1-31-27-33(3)57(34(4)28-31)66-46-25-23-45-24-26-47-62-56(45)61(46)68(63-54-43-19-11-39(12-20-43)50(54)48-37-7-15-41(16-8-37)52(48)59(63)66)65(70)69(62)64-55-44-21-13-40(14-22-44)51(55)49-38-9-17-42(18-10-38)53(49)60(64)67(47)58-35(5)29-32(2)30-36(58)6/h23-30,37-44H,7-22H2,1-6H3. The Labute approximate surface area is 416 Å². The molecule has 3 heterocycles. The number of amides is 2. The molecule has 3 nitrogen and oxygen atoms in total. The van der Waals surface area contributed by atoms with Gasteiger partial charge in [-0.05, 0) is 263 Å². The molecule has 12 aliphatic carbocycles. The van der Waals surface area contributed by atoms with Gasteiger partial charge in [0.2, 0.25) is 13.4 Å². The molecule has 6 aromatic rings. The highest BCUT2D eigenvalue weighted by molar-refractivity contribution is 7.01. The summed E-state index contributed by atoms with van der Waals surface area (Å²) < 4.78 is 0. The number of nitrogens with zero attached hydrogens (tertiary/aromatic N) is 2. The molecule has 2 amide bonds. The van der Waals surface area contributed by atoms with Gasteiger partial charge >= 0.3 is 6.03 Å². The first-order valence-corrected chi connectivity index (χ1v) is 28.5. The number of urea groups is 1. The normalized spacial score (nSPS) is 28.3. The zero-order valence-electron chi connectivity index (χ0n) is 42.5. The first-order valence-electron chi connectivity index (χ1n) is 28.5. The maximum Gasteiger partial charge on any atom is 0.338 e. The van der Waals surface area contributed by atoms with Crippen molar-refractivity contribution < 1.29 is 4.79 Å². The molecule has 5 heteroatoms. The van der Waals surface area contributed by atoms with Crippen LogP contribution in [0, 0.1) is 41.5 Å². The third kappa shape index (κ3) is 4.78. The predicted molar refractivity (Wildman–Crippen MR) is 293 cm³/mol. The van der Waals surface area contributed by atoms with Crippen molar-refractivity contribution in [3.63, 3.8) is 0 Å². The number of fused-ring (bicyclic) bond motifs is 12. The Balaban J connectivity index is 1.07. The summed E-state index contributed by atoms with van der Waals surface area (Å²) in [7, 11) is 0. The van der Waals surface area contributed by atoms with E-state index in [9.17, 15) is 0 Å². The molecular formula is C65H66B2N2O. The molecule has 348 valence electrons. The molecule has 70 heavy (non-hydrogen) atoms. The van der Waals surface area contributed by atoms with E-state index in [0.717, 1.165) is 0 Å². The molecule has 0 atom stereocenters. The largest absolute Gasteiger partial charge is 0.338 e. The Morgan fingerprint density at radius 1 is 0.357 bits per heavy atom. The second-order valence-electron chi connectivity index (χ2n) is 25.6. The van der Waals surface area contributed by atoms with Crippen LogP contribution in [0.4, 0.5) is 27.5 Å². The minimum atomic E-state index is 0.0830. The maximum absolute atomic E-state index is 17.6. The zero-order valence-corrected chi connectivity index (χ0v) is 42.5. The van der Waals surface area contributed by atoms with Crippen molar-refractivity contribution in [2.45, 2.75) is 192 Å². The lowest BCUT2D eigenvalue weighted by Crippen LogP contribution is -2.67. The Morgan fingerprint density at radius 3 is 0.971 bits per heavy atom. The van der Waals surface area contributed by atoms with Crippen LogP contribution in [0.25, 0.3) is 10.8 Å². The SMILES string of the molecule is Cc1cc(C)c(B2c3ccc4ccc5c6c4c3N(C(=O)N6c3c(c4c(c6c3C3CCC6CC3)C3CCC4CC3)B5c3c(C)cc(C)cc3C)c3c2c2c(c4c3C3CCC4CC3)C3CCC2CC3)c(C)c1. The molecule has 4 fully saturated rings. The number of benzene rings is 6. The zero-order chi connectivity index (χ0) is 46.5. The summed E-state index contributed by atoms with van der Waals surface area (Å²) in [5, 5.41) is 2.63. The lowest BCUT2D eigenvalue weighted by atomic mass is 9.30. The van der Waals surface area contributed by atoms with E-state index in [2.05, 4.69) is 99.9 Å². The lowest BCUT2D eigenvalue weighted by molar-refractivity contribution is 0.255. The minimum Gasteiger partial charge on any atom is -0.262 e. The molecule has 0 N–H and O–H groups in total. The summed E-state index contributed by atoms with van der Waals surface area (Å²) in [5.74, 6) is 4.72. The van der Waals surface area contributed by atoms with Crippen LogP contribution >= 0.6 is 0 Å². The van der Waals surface area contributed by atoms with Crippen LogP contribution in [0.2, 0.25) is 0 Å². The number of anilines is 4. The average molecular weight is 913 g/mol. The van der Waals surface area contributed by atoms with Crippen molar-refractivity contribution in [1.82, 2.24) is 0 Å². The predicted octanol–water partition coefficient (Wildman–Crippen LogP) is 12.8. The van der Waals surface area contributed by atoms with Gasteiger partial charge in [-0.25, -0.2) is 4.79 Å². The van der Waals surface area contributed by atoms with Crippen LogP contribution in [0.3, 0.4) is 0 Å². The Morgan fingerprint density at radius 2 is 0.643 bits per heavy atom. The summed E-state index contributed by atoms with van der Waals surface area (Å²) in [5.41, 5.74) is 36.0. The van der Waals surface area contributed by atoms with Crippen LogP contribution in [-0.4, -0.2) is 19.5 Å². The van der Waals surface area contributed by atoms with Crippen molar-refractivity contribution in [2.24, 2.45) is 0 Å². The number of rotatable bonds is 2. The van der Waals surface area contributed by atoms with Gasteiger partial charge in [-0.1, -0.05) is 92.8 Å². The summed E-state index contributed by atoms with van der Waals surface area (Å²) in [4.78, 5) is 22.6. The highest BCUT2D eigenvalue weighted by atomic mass is 16.2. The van der Waals surface area contributed by atoms with Crippen LogP contribution in [0.1, 0.15) is 228 Å². The van der Waals surface area contributed by atoms with Crippen LogP contribution in [0.5, 0.6) is 0 Å². The number of aryl methyl sites for hydroxylation is 6. The van der Waals surface area contributed by atoms with E-state index in [-0.39, 0.29) is 19.5 Å². The minimum absolute atomic E-state index is 0.0830. The van der Waals surface area contributed by atoms with Gasteiger partial charge in [0.15, 0.2) is 0 Å². The molecule has 6 aromatic carbocycles. The number of carbonyl (C=O) groups is 1. The van der Waals surface area contributed by atoms with Gasteiger partial charge in [-0.15, -0.1) is 0 Å². The number of carbonyl (C=O) groups excluding carboxylic acids is 1. The van der Waals surface area contributed by atoms with Gasteiger partial charge in [0, 0.05) is 5.39 Å². The lowest BCUT2D eigenvalue weighted by Gasteiger charge is -2.55. The van der Waals surface area contributed by atoms with E-state index in [1.165, 1.54) is 191 Å². The van der Waals surface area contributed by atoms with E-state index >= 15 is 4.79 Å². The molecular weight excluding hydrogens is 846 g/mol. The summed E-state index contributed by atoms with van der Waals surface area (Å²) >= 11 is 0. The fourth-order valence-corrected chi connectivity index (χ4v) is 20.2. The van der Waals surface area contributed by atoms with Crippen molar-refractivity contribution in [3.05, 3.63) is 126 Å². The van der Waals surface area contributed by atoms with E-state index in [1.54, 1.807) is 55.4 Å². The molecule has 0 aromatic heterocycles. The van der Waals surface area contributed by atoms with Gasteiger partial charge in [-0.3, -0.25) is 9.80 Å². The molecule has 0 unspecified atom stereocenters. The summed E-state index contributed by atoms with van der Waals surface area (Å²) in [6.45, 7) is 14.3. The van der Waals surface area contributed by atoms with Gasteiger partial charge in [0.25, 0.3) is 0 Å². The highest BCUT2D eigenvalue weighted by Gasteiger charge is 2.57. The summed E-state index contributed by atoms with van der Waals surface area (Å²) in [6, 6.07) is 20.1. The van der Waals surface area contributed by atoms with Crippen LogP contribution < -0.4 is 42.6 Å². The van der Waals surface area contributed by atoms with E-state index in [4.69, 9.17) is 0 Å². The third-order valence-electron chi connectivity index (χ3n) is 22.2. The van der Waals surface area contributed by atoms with E-state index in [1.807, 2.05) is 0 Å². The first-order chi connectivity index (χ1) is 34.1. The highest BCUT2D eigenvalue weighted by Crippen LogP contribution is 2.65. The molecule has 21 rings (SSSR count). The van der Waals surface area contributed by atoms with E-state index < -0.39 is 0 Å². The fraction of sp³-hybridized carbons (Fsp3) is 0.462. The molecule has 0 spiro atoms. The second-order valence-corrected chi connectivity index (χ2v) is 25.6. The number of hydrogen-bond donors (Lipinski definition) is 0. The molecule has 4 saturated carbocycles. The first kappa shape index (κ1) is 40.6. The molecule has 3 aliphatic heterocycles. The Bertz CT molecular complexity index is 3190. The van der Waals surface area contributed by atoms with Crippen molar-refractivity contribution in [3.8, 4) is 0 Å². The van der Waals surface area contributed by atoms with Gasteiger partial charge in [-0.2, -0.15) is 0 Å². The van der Waals surface area contributed by atoms with Crippen LogP contribution in [-0.2, 0) is 0 Å². The number of hydrogen-bond acceptors (Lipinski definition) is 1. The summed E-state index contributed by atoms with van der Waals surface area (Å²) in [6.07, 6.45) is 20.9. The Hall–Kier alpha value is -5.02. The molecule has 8 bridgehead atoms. The Kier molecular flexibility index (Phi) is 7.95. The van der Waals surface area contributed by atoms with Gasteiger partial charge < -0.3 is 0 Å². The van der Waals surface area contributed by atoms with Crippen molar-refractivity contribution in [2.75, 3.05) is 9.80 Å². The van der Waals surface area contributed by atoms with Gasteiger partial charge in [0.1, 0.15) is 0 Å². The van der Waals surface area contributed by atoms with Crippen molar-refractivity contribution >= 4 is 85.8 Å². The smallest absolute Gasteiger partial charge is 0.262 e. The topological polar surface area (TPSA) is 23.6 Å². The van der Waals surface area contributed by atoms with Crippen molar-refractivity contribution in [1.29, 1.82) is 0 Å². The second kappa shape index (κ2) is 13.7. The maximum atomic E-state index is 17.6. The molecule has 0 saturated heterocycles. The monoisotopic (exact) mass is 913 g/mol. The van der Waals surface area contributed by atoms with Crippen LogP contribution in [0.15, 0.2) is 48.5 Å². The quantitative estimate of drug-likeness (QED) is 0.159. The van der Waals surface area contributed by atoms with E-state index in [0.29, 0.717) is 47.3 Å². The average Bonchev–Trinajstić information content (AvgIpc) is 3.38. The molecule has 15 aliphatic rings. The molecule has 0 radical (unpaired) electrons. The third-order valence-corrected chi connectivity index (χ3v) is 22.2.